The second kappa shape index (κ2) is 9.57. The van der Waals surface area contributed by atoms with Gasteiger partial charge in [-0.15, -0.1) is 0 Å². The number of ether oxygens (including phenoxy) is 2. The van der Waals surface area contributed by atoms with Gasteiger partial charge < -0.3 is 20.1 Å². The molecule has 2 unspecified atom stereocenters. The summed E-state index contributed by atoms with van der Waals surface area (Å²) in [5.41, 5.74) is 0. The van der Waals surface area contributed by atoms with Gasteiger partial charge in [0.2, 0.25) is 5.91 Å². The number of amides is 1. The molecule has 0 aliphatic carbocycles. The van der Waals surface area contributed by atoms with Crippen molar-refractivity contribution in [2.24, 2.45) is 0 Å². The van der Waals surface area contributed by atoms with Gasteiger partial charge in [-0.1, -0.05) is 0 Å². The highest BCUT2D eigenvalue weighted by Crippen LogP contribution is 1.94. The molecule has 96 valence electrons. The van der Waals surface area contributed by atoms with E-state index in [4.69, 9.17) is 9.47 Å². The van der Waals surface area contributed by atoms with E-state index in [1.54, 1.807) is 14.2 Å². The molecular formula is C11H24N2O3. The maximum absolute atomic E-state index is 11.1. The second-order valence-corrected chi connectivity index (χ2v) is 3.91. The van der Waals surface area contributed by atoms with E-state index >= 15 is 0 Å². The molecule has 0 spiro atoms. The summed E-state index contributed by atoms with van der Waals surface area (Å²) < 4.78 is 10.3. The summed E-state index contributed by atoms with van der Waals surface area (Å²) in [5.74, 6) is 0.0486. The van der Waals surface area contributed by atoms with Crippen LogP contribution in [0.4, 0.5) is 0 Å². The minimum Gasteiger partial charge on any atom is -0.382 e. The zero-order chi connectivity index (χ0) is 12.4. The van der Waals surface area contributed by atoms with Gasteiger partial charge in [0.1, 0.15) is 0 Å². The average molecular weight is 232 g/mol. The van der Waals surface area contributed by atoms with Crippen LogP contribution < -0.4 is 10.6 Å². The zero-order valence-electron chi connectivity index (χ0n) is 10.7. The monoisotopic (exact) mass is 232 g/mol. The smallest absolute Gasteiger partial charge is 0.221 e. The van der Waals surface area contributed by atoms with Crippen molar-refractivity contribution in [2.75, 3.05) is 34.0 Å². The maximum Gasteiger partial charge on any atom is 0.221 e. The zero-order valence-corrected chi connectivity index (χ0v) is 10.7. The Bertz CT molecular complexity index is 188. The van der Waals surface area contributed by atoms with Gasteiger partial charge in [0.05, 0.1) is 19.8 Å². The molecule has 0 aliphatic rings. The van der Waals surface area contributed by atoms with Gasteiger partial charge in [0, 0.05) is 32.7 Å². The molecule has 0 aliphatic heterocycles. The largest absolute Gasteiger partial charge is 0.382 e. The van der Waals surface area contributed by atoms with Crippen LogP contribution in [-0.4, -0.2) is 52.0 Å². The van der Waals surface area contributed by atoms with E-state index in [-0.39, 0.29) is 18.0 Å². The van der Waals surface area contributed by atoms with Crippen molar-refractivity contribution >= 4 is 5.91 Å². The van der Waals surface area contributed by atoms with E-state index in [0.29, 0.717) is 26.2 Å². The number of methoxy groups -OCH3 is 1. The molecule has 0 radical (unpaired) electrons. The molecule has 0 saturated carbocycles. The first-order valence-corrected chi connectivity index (χ1v) is 5.63. The highest BCUT2D eigenvalue weighted by molar-refractivity contribution is 5.76. The van der Waals surface area contributed by atoms with Crippen LogP contribution in [-0.2, 0) is 14.3 Å². The molecule has 0 fully saturated rings. The fourth-order valence-electron chi connectivity index (χ4n) is 1.38. The predicted molar refractivity (Wildman–Crippen MR) is 63.4 cm³/mol. The van der Waals surface area contributed by atoms with Crippen molar-refractivity contribution in [3.05, 3.63) is 0 Å². The van der Waals surface area contributed by atoms with E-state index in [2.05, 4.69) is 10.6 Å². The summed E-state index contributed by atoms with van der Waals surface area (Å²) in [6.45, 7) is 5.86. The molecule has 5 heteroatoms. The number of carbonyl (C=O) groups is 1. The normalized spacial score (nSPS) is 14.5. The number of rotatable bonds is 9. The van der Waals surface area contributed by atoms with E-state index < -0.39 is 0 Å². The Hall–Kier alpha value is -0.650. The fraction of sp³-hybridized carbons (Fsp3) is 0.909. The molecule has 0 aromatic rings. The van der Waals surface area contributed by atoms with Crippen LogP contribution in [0.3, 0.4) is 0 Å². The number of carbonyl (C=O) groups excluding carboxylic acids is 1. The fourth-order valence-corrected chi connectivity index (χ4v) is 1.38. The minimum atomic E-state index is 0.0486. The Morgan fingerprint density at radius 1 is 1.25 bits per heavy atom. The molecular weight excluding hydrogens is 208 g/mol. The summed E-state index contributed by atoms with van der Waals surface area (Å²) in [6.07, 6.45) is 0.485. The lowest BCUT2D eigenvalue weighted by molar-refractivity contribution is -0.121. The van der Waals surface area contributed by atoms with Gasteiger partial charge in [0.25, 0.3) is 0 Å². The van der Waals surface area contributed by atoms with Crippen molar-refractivity contribution in [1.82, 2.24) is 10.6 Å². The second-order valence-electron chi connectivity index (χ2n) is 3.91. The van der Waals surface area contributed by atoms with Crippen molar-refractivity contribution in [3.63, 3.8) is 0 Å². The predicted octanol–water partition coefficient (Wildman–Crippen LogP) is 0.152. The van der Waals surface area contributed by atoms with Crippen LogP contribution >= 0.6 is 0 Å². The lowest BCUT2D eigenvalue weighted by atomic mass is 10.2. The highest BCUT2D eigenvalue weighted by Gasteiger charge is 2.10. The van der Waals surface area contributed by atoms with E-state index in [1.165, 1.54) is 0 Å². The van der Waals surface area contributed by atoms with Gasteiger partial charge >= 0.3 is 0 Å². The summed E-state index contributed by atoms with van der Waals surface area (Å²) in [7, 11) is 3.29. The molecule has 0 heterocycles. The number of hydrogen-bond acceptors (Lipinski definition) is 4. The molecule has 2 N–H and O–H groups in total. The van der Waals surface area contributed by atoms with E-state index in [9.17, 15) is 4.79 Å². The topological polar surface area (TPSA) is 59.6 Å². The molecule has 2 atom stereocenters. The van der Waals surface area contributed by atoms with Crippen LogP contribution in [0.15, 0.2) is 0 Å². The first-order valence-electron chi connectivity index (χ1n) is 5.63. The first kappa shape index (κ1) is 15.3. The quantitative estimate of drug-likeness (QED) is 0.556. The van der Waals surface area contributed by atoms with Crippen molar-refractivity contribution < 1.29 is 14.3 Å². The first-order chi connectivity index (χ1) is 7.60. The van der Waals surface area contributed by atoms with Crippen molar-refractivity contribution in [1.29, 1.82) is 0 Å². The van der Waals surface area contributed by atoms with Crippen molar-refractivity contribution in [2.45, 2.75) is 32.4 Å². The summed E-state index contributed by atoms with van der Waals surface area (Å²) in [5, 5.41) is 5.90. The maximum atomic E-state index is 11.1. The Kier molecular flexibility index (Phi) is 9.18. The standard InChI is InChI=1S/C11H24N2O3/c1-9(7-11(14)12-3)13-10(2)8-16-6-5-15-4/h9-10,13H,5-8H2,1-4H3,(H,12,14). The van der Waals surface area contributed by atoms with Gasteiger partial charge in [-0.05, 0) is 13.8 Å². The Balaban J connectivity index is 3.53. The van der Waals surface area contributed by atoms with Gasteiger partial charge in [-0.3, -0.25) is 4.79 Å². The van der Waals surface area contributed by atoms with Crippen LogP contribution in [0.1, 0.15) is 20.3 Å². The van der Waals surface area contributed by atoms with Crippen LogP contribution in [0, 0.1) is 0 Å². The third kappa shape index (κ3) is 8.64. The summed E-state index contributed by atoms with van der Waals surface area (Å²) in [6, 6.07) is 0.387. The van der Waals surface area contributed by atoms with Crippen LogP contribution in [0.2, 0.25) is 0 Å². The molecule has 0 rings (SSSR count). The summed E-state index contributed by atoms with van der Waals surface area (Å²) in [4.78, 5) is 11.1. The third-order valence-corrected chi connectivity index (χ3v) is 2.14. The minimum absolute atomic E-state index is 0.0486. The Morgan fingerprint density at radius 2 is 1.94 bits per heavy atom. The van der Waals surface area contributed by atoms with E-state index in [0.717, 1.165) is 0 Å². The molecule has 0 bridgehead atoms. The average Bonchev–Trinajstić information content (AvgIpc) is 2.24. The summed E-state index contributed by atoms with van der Waals surface area (Å²) >= 11 is 0. The third-order valence-electron chi connectivity index (χ3n) is 2.14. The Labute approximate surface area is 97.9 Å². The van der Waals surface area contributed by atoms with Crippen LogP contribution in [0.5, 0.6) is 0 Å². The molecule has 1 amide bonds. The molecule has 16 heavy (non-hydrogen) atoms. The molecule has 0 aromatic heterocycles. The number of nitrogens with one attached hydrogen (secondary N) is 2. The van der Waals surface area contributed by atoms with E-state index in [1.807, 2.05) is 13.8 Å². The van der Waals surface area contributed by atoms with Crippen molar-refractivity contribution in [3.8, 4) is 0 Å². The van der Waals surface area contributed by atoms with Gasteiger partial charge in [-0.25, -0.2) is 0 Å². The molecule has 0 aromatic carbocycles. The van der Waals surface area contributed by atoms with Gasteiger partial charge in [0.15, 0.2) is 0 Å². The van der Waals surface area contributed by atoms with Gasteiger partial charge in [-0.2, -0.15) is 0 Å². The Morgan fingerprint density at radius 3 is 2.50 bits per heavy atom. The van der Waals surface area contributed by atoms with Crippen LogP contribution in [0.25, 0.3) is 0 Å². The lowest BCUT2D eigenvalue weighted by Gasteiger charge is -2.19. The number of hydrogen-bond donors (Lipinski definition) is 2. The lowest BCUT2D eigenvalue weighted by Crippen LogP contribution is -2.40. The molecule has 0 saturated heterocycles. The molecule has 5 nitrogen and oxygen atoms in total. The highest BCUT2D eigenvalue weighted by atomic mass is 16.5. The SMILES string of the molecule is CNC(=O)CC(C)NC(C)COCCOC.